The van der Waals surface area contributed by atoms with E-state index in [1.165, 1.54) is 0 Å². The van der Waals surface area contributed by atoms with Crippen LogP contribution in [-0.2, 0) is 9.53 Å². The molecule has 2 fully saturated rings. The molecule has 0 bridgehead atoms. The van der Waals surface area contributed by atoms with Crippen LogP contribution in [0.15, 0.2) is 0 Å². The number of nitrogens with zero attached hydrogens (tertiary/aromatic N) is 3. The zero-order chi connectivity index (χ0) is 17.4. The van der Waals surface area contributed by atoms with Gasteiger partial charge in [-0.2, -0.15) is 0 Å². The van der Waals surface area contributed by atoms with Gasteiger partial charge in [0.2, 0.25) is 5.91 Å². The molecule has 0 aromatic carbocycles. The van der Waals surface area contributed by atoms with E-state index >= 15 is 0 Å². The quantitative estimate of drug-likeness (QED) is 0.767. The number of amides is 2. The van der Waals surface area contributed by atoms with Gasteiger partial charge in [0.15, 0.2) is 0 Å². The summed E-state index contributed by atoms with van der Waals surface area (Å²) >= 11 is 0. The van der Waals surface area contributed by atoms with Gasteiger partial charge in [-0.1, -0.05) is 6.92 Å². The summed E-state index contributed by atoms with van der Waals surface area (Å²) in [5, 5.41) is 3.04. The molecule has 0 radical (unpaired) electrons. The first-order chi connectivity index (χ1) is 11.6. The lowest BCUT2D eigenvalue weighted by atomic mass is 9.97. The Morgan fingerprint density at radius 2 is 1.79 bits per heavy atom. The zero-order valence-corrected chi connectivity index (χ0v) is 15.1. The van der Waals surface area contributed by atoms with Gasteiger partial charge in [0.1, 0.15) is 0 Å². The second-order valence-corrected chi connectivity index (χ2v) is 6.55. The highest BCUT2D eigenvalue weighted by molar-refractivity contribution is 5.80. The van der Waals surface area contributed by atoms with Crippen molar-refractivity contribution in [1.82, 2.24) is 20.0 Å². The number of likely N-dealkylation sites (N-methyl/N-ethyl adjacent to an activating group) is 1. The Kier molecular flexibility index (Phi) is 7.78. The van der Waals surface area contributed by atoms with E-state index in [1.54, 1.807) is 11.8 Å². The number of hydrogen-bond acceptors (Lipinski definition) is 5. The largest absolute Gasteiger partial charge is 0.450 e. The number of carbonyl (C=O) groups excluding carboxylic acids is 2. The fraction of sp³-hybridized carbons (Fsp3) is 0.882. The average Bonchev–Trinajstić information content (AvgIpc) is 2.62. The highest BCUT2D eigenvalue weighted by Gasteiger charge is 2.29. The summed E-state index contributed by atoms with van der Waals surface area (Å²) < 4.78 is 5.03. The van der Waals surface area contributed by atoms with Gasteiger partial charge in [0, 0.05) is 52.4 Å². The van der Waals surface area contributed by atoms with Gasteiger partial charge < -0.3 is 19.9 Å². The van der Waals surface area contributed by atoms with Crippen molar-refractivity contribution in [2.24, 2.45) is 5.92 Å². The number of nitrogens with one attached hydrogen (secondary N) is 1. The predicted octanol–water partition coefficient (Wildman–Crippen LogP) is 0.609. The molecule has 2 rings (SSSR count). The van der Waals surface area contributed by atoms with E-state index in [2.05, 4.69) is 22.0 Å². The zero-order valence-electron chi connectivity index (χ0n) is 15.1. The third-order valence-corrected chi connectivity index (χ3v) is 4.96. The molecule has 0 unspecified atom stereocenters. The third kappa shape index (κ3) is 5.63. The highest BCUT2D eigenvalue weighted by atomic mass is 16.6. The SMILES string of the molecule is CCOC(=O)N1CCC[C@H](C(=O)NCCN2CCN(CC)CC2)C1. The predicted molar refractivity (Wildman–Crippen MR) is 92.9 cm³/mol. The van der Waals surface area contributed by atoms with Crippen molar-refractivity contribution in [1.29, 1.82) is 0 Å². The molecule has 0 aromatic rings. The third-order valence-electron chi connectivity index (χ3n) is 4.96. The Morgan fingerprint density at radius 3 is 2.46 bits per heavy atom. The van der Waals surface area contributed by atoms with Gasteiger partial charge in [-0.05, 0) is 26.3 Å². The number of hydrogen-bond donors (Lipinski definition) is 1. The summed E-state index contributed by atoms with van der Waals surface area (Å²) in [5.41, 5.74) is 0. The monoisotopic (exact) mass is 340 g/mol. The number of ether oxygens (including phenoxy) is 1. The van der Waals surface area contributed by atoms with Crippen LogP contribution in [-0.4, -0.2) is 92.2 Å². The van der Waals surface area contributed by atoms with Crippen LogP contribution in [0.2, 0.25) is 0 Å². The number of carbonyl (C=O) groups is 2. The molecule has 7 nitrogen and oxygen atoms in total. The lowest BCUT2D eigenvalue weighted by Crippen LogP contribution is -2.49. The second-order valence-electron chi connectivity index (χ2n) is 6.55. The van der Waals surface area contributed by atoms with Crippen LogP contribution in [0.1, 0.15) is 26.7 Å². The molecule has 0 saturated carbocycles. The Labute approximate surface area is 145 Å². The van der Waals surface area contributed by atoms with E-state index in [0.29, 0.717) is 26.2 Å². The molecular formula is C17H32N4O3. The number of piperidine rings is 1. The van der Waals surface area contributed by atoms with Gasteiger partial charge in [-0.3, -0.25) is 9.69 Å². The molecule has 0 aliphatic carbocycles. The number of piperazine rings is 1. The smallest absolute Gasteiger partial charge is 0.409 e. The molecule has 2 aliphatic rings. The minimum atomic E-state index is -0.302. The molecule has 0 aromatic heterocycles. The first kappa shape index (κ1) is 19.0. The van der Waals surface area contributed by atoms with Crippen molar-refractivity contribution in [2.75, 3.05) is 65.5 Å². The van der Waals surface area contributed by atoms with Crippen LogP contribution in [0.5, 0.6) is 0 Å². The Morgan fingerprint density at radius 1 is 1.08 bits per heavy atom. The van der Waals surface area contributed by atoms with Gasteiger partial charge in [-0.15, -0.1) is 0 Å². The van der Waals surface area contributed by atoms with Crippen molar-refractivity contribution < 1.29 is 14.3 Å². The van der Waals surface area contributed by atoms with Crippen LogP contribution in [0.3, 0.4) is 0 Å². The number of rotatable bonds is 6. The lowest BCUT2D eigenvalue weighted by Gasteiger charge is -2.34. The molecule has 2 aliphatic heterocycles. The van der Waals surface area contributed by atoms with Gasteiger partial charge in [0.05, 0.1) is 12.5 Å². The van der Waals surface area contributed by atoms with E-state index < -0.39 is 0 Å². The van der Waals surface area contributed by atoms with Crippen LogP contribution in [0.4, 0.5) is 4.79 Å². The summed E-state index contributed by atoms with van der Waals surface area (Å²) in [7, 11) is 0. The fourth-order valence-corrected chi connectivity index (χ4v) is 3.38. The lowest BCUT2D eigenvalue weighted by molar-refractivity contribution is -0.126. The van der Waals surface area contributed by atoms with Crippen molar-refractivity contribution in [3.05, 3.63) is 0 Å². The highest BCUT2D eigenvalue weighted by Crippen LogP contribution is 2.17. The normalized spacial score (nSPS) is 23.1. The molecule has 2 heterocycles. The molecule has 7 heteroatoms. The maximum Gasteiger partial charge on any atom is 0.409 e. The molecule has 2 saturated heterocycles. The maximum absolute atomic E-state index is 12.3. The molecule has 0 spiro atoms. The minimum Gasteiger partial charge on any atom is -0.450 e. The Balaban J connectivity index is 1.66. The maximum atomic E-state index is 12.3. The van der Waals surface area contributed by atoms with E-state index in [9.17, 15) is 9.59 Å². The van der Waals surface area contributed by atoms with E-state index in [1.807, 2.05) is 0 Å². The molecule has 2 amide bonds. The summed E-state index contributed by atoms with van der Waals surface area (Å²) in [6.07, 6.45) is 1.40. The molecule has 1 atom stereocenters. The van der Waals surface area contributed by atoms with Gasteiger partial charge >= 0.3 is 6.09 Å². The van der Waals surface area contributed by atoms with Crippen LogP contribution < -0.4 is 5.32 Å². The number of likely N-dealkylation sites (tertiary alicyclic amines) is 1. The standard InChI is InChI=1S/C17H32N4O3/c1-3-19-10-12-20(13-11-19)9-7-18-16(22)15-6-5-8-21(14-15)17(23)24-4-2/h15H,3-14H2,1-2H3,(H,18,22)/t15-/m0/s1. The van der Waals surface area contributed by atoms with Crippen LogP contribution in [0, 0.1) is 5.92 Å². The summed E-state index contributed by atoms with van der Waals surface area (Å²) in [5.74, 6) is -0.0451. The second kappa shape index (κ2) is 9.84. The Bertz CT molecular complexity index is 411. The van der Waals surface area contributed by atoms with Crippen molar-refractivity contribution in [3.63, 3.8) is 0 Å². The summed E-state index contributed by atoms with van der Waals surface area (Å²) in [6, 6.07) is 0. The molecule has 138 valence electrons. The van der Waals surface area contributed by atoms with E-state index in [-0.39, 0.29) is 17.9 Å². The molecular weight excluding hydrogens is 308 g/mol. The van der Waals surface area contributed by atoms with Crippen molar-refractivity contribution in [2.45, 2.75) is 26.7 Å². The fourth-order valence-electron chi connectivity index (χ4n) is 3.38. The van der Waals surface area contributed by atoms with Crippen LogP contribution >= 0.6 is 0 Å². The van der Waals surface area contributed by atoms with Crippen molar-refractivity contribution >= 4 is 12.0 Å². The first-order valence-corrected chi connectivity index (χ1v) is 9.28. The van der Waals surface area contributed by atoms with Crippen LogP contribution in [0.25, 0.3) is 0 Å². The van der Waals surface area contributed by atoms with E-state index in [4.69, 9.17) is 4.74 Å². The average molecular weight is 340 g/mol. The van der Waals surface area contributed by atoms with Gasteiger partial charge in [-0.25, -0.2) is 4.79 Å². The Hall–Kier alpha value is -1.34. The minimum absolute atomic E-state index is 0.0659. The summed E-state index contributed by atoms with van der Waals surface area (Å²) in [4.78, 5) is 30.6. The summed E-state index contributed by atoms with van der Waals surface area (Å²) in [6.45, 7) is 12.6. The van der Waals surface area contributed by atoms with E-state index in [0.717, 1.165) is 52.1 Å². The van der Waals surface area contributed by atoms with Gasteiger partial charge in [0.25, 0.3) is 0 Å². The molecule has 1 N–H and O–H groups in total. The molecule has 24 heavy (non-hydrogen) atoms. The topological polar surface area (TPSA) is 65.1 Å². The van der Waals surface area contributed by atoms with Crippen molar-refractivity contribution in [3.8, 4) is 0 Å². The first-order valence-electron chi connectivity index (χ1n) is 9.28.